The van der Waals surface area contributed by atoms with Crippen molar-refractivity contribution in [2.24, 2.45) is 0 Å². The number of para-hydroxylation sites is 1. The second kappa shape index (κ2) is 8.80. The van der Waals surface area contributed by atoms with Gasteiger partial charge in [-0.15, -0.1) is 0 Å². The minimum absolute atomic E-state index is 0.0780. The molecule has 2 heterocycles. The first kappa shape index (κ1) is 20.9. The molecule has 0 atom stereocenters. The molecule has 10 heteroatoms. The lowest BCUT2D eigenvalue weighted by Gasteiger charge is -2.11. The SMILES string of the molecule is CCOC(=O)c1ccccc1NC(=O)c1c[nH]c(=O)n(Cc2ccc3c(c2)OCO3)c1=O. The van der Waals surface area contributed by atoms with Gasteiger partial charge in [0.15, 0.2) is 11.5 Å². The predicted molar refractivity (Wildman–Crippen MR) is 113 cm³/mol. The number of carbonyl (C=O) groups is 2. The Labute approximate surface area is 181 Å². The van der Waals surface area contributed by atoms with Crippen molar-refractivity contribution in [3.05, 3.63) is 86.2 Å². The smallest absolute Gasteiger partial charge is 0.340 e. The quantitative estimate of drug-likeness (QED) is 0.562. The Balaban J connectivity index is 1.62. The number of rotatable bonds is 6. The monoisotopic (exact) mass is 437 g/mol. The lowest BCUT2D eigenvalue weighted by molar-refractivity contribution is 0.0527. The number of ether oxygens (including phenoxy) is 3. The van der Waals surface area contributed by atoms with Crippen molar-refractivity contribution in [2.45, 2.75) is 13.5 Å². The van der Waals surface area contributed by atoms with Gasteiger partial charge in [-0.1, -0.05) is 18.2 Å². The predicted octanol–water partition coefficient (Wildman–Crippen LogP) is 1.74. The van der Waals surface area contributed by atoms with E-state index in [4.69, 9.17) is 14.2 Å². The fraction of sp³-hybridized carbons (Fsp3) is 0.182. The molecule has 0 saturated carbocycles. The summed E-state index contributed by atoms with van der Waals surface area (Å²) >= 11 is 0. The number of nitrogens with one attached hydrogen (secondary N) is 2. The fourth-order valence-corrected chi connectivity index (χ4v) is 3.21. The summed E-state index contributed by atoms with van der Waals surface area (Å²) in [5, 5.41) is 2.54. The molecule has 164 valence electrons. The normalized spacial score (nSPS) is 11.8. The van der Waals surface area contributed by atoms with E-state index in [-0.39, 0.29) is 36.8 Å². The fourth-order valence-electron chi connectivity index (χ4n) is 3.21. The van der Waals surface area contributed by atoms with E-state index in [1.54, 1.807) is 37.3 Å². The molecule has 3 aromatic rings. The number of hydrogen-bond acceptors (Lipinski definition) is 7. The van der Waals surface area contributed by atoms with Crippen molar-refractivity contribution in [2.75, 3.05) is 18.7 Å². The standard InChI is InChI=1S/C22H19N3O7/c1-2-30-21(28)14-5-3-4-6-16(14)24-19(26)15-10-23-22(29)25(20(15)27)11-13-7-8-17-18(9-13)32-12-31-17/h3-10H,2,11-12H2,1H3,(H,23,29)(H,24,26). The van der Waals surface area contributed by atoms with Crippen molar-refractivity contribution >= 4 is 17.6 Å². The molecular formula is C22H19N3O7. The molecule has 2 aromatic carbocycles. The molecule has 10 nitrogen and oxygen atoms in total. The van der Waals surface area contributed by atoms with E-state index in [1.165, 1.54) is 12.1 Å². The van der Waals surface area contributed by atoms with Crippen LogP contribution in [0.2, 0.25) is 0 Å². The van der Waals surface area contributed by atoms with E-state index in [0.29, 0.717) is 17.1 Å². The number of H-pyrrole nitrogens is 1. The van der Waals surface area contributed by atoms with Crippen molar-refractivity contribution in [3.8, 4) is 11.5 Å². The van der Waals surface area contributed by atoms with Crippen molar-refractivity contribution < 1.29 is 23.8 Å². The summed E-state index contributed by atoms with van der Waals surface area (Å²) in [4.78, 5) is 52.5. The van der Waals surface area contributed by atoms with E-state index in [1.807, 2.05) is 0 Å². The number of anilines is 1. The highest BCUT2D eigenvalue weighted by atomic mass is 16.7. The molecular weight excluding hydrogens is 418 g/mol. The van der Waals surface area contributed by atoms with E-state index >= 15 is 0 Å². The average Bonchev–Trinajstić information content (AvgIpc) is 3.25. The first-order valence-corrected chi connectivity index (χ1v) is 9.76. The van der Waals surface area contributed by atoms with Crippen LogP contribution in [0.3, 0.4) is 0 Å². The number of aromatic amines is 1. The zero-order valence-electron chi connectivity index (χ0n) is 17.0. The maximum absolute atomic E-state index is 12.9. The van der Waals surface area contributed by atoms with Gasteiger partial charge in [-0.25, -0.2) is 9.59 Å². The number of aromatic nitrogens is 2. The summed E-state index contributed by atoms with van der Waals surface area (Å²) in [6.07, 6.45) is 1.04. The van der Waals surface area contributed by atoms with Crippen LogP contribution in [-0.4, -0.2) is 34.8 Å². The zero-order valence-corrected chi connectivity index (χ0v) is 17.0. The second-order valence-corrected chi connectivity index (χ2v) is 6.81. The number of nitrogens with zero attached hydrogens (tertiary/aromatic N) is 1. The summed E-state index contributed by atoms with van der Waals surface area (Å²) in [6.45, 7) is 1.86. The maximum atomic E-state index is 12.9. The van der Waals surface area contributed by atoms with Crippen LogP contribution < -0.4 is 26.0 Å². The molecule has 0 fully saturated rings. The molecule has 0 bridgehead atoms. The van der Waals surface area contributed by atoms with Gasteiger partial charge in [0.2, 0.25) is 6.79 Å². The van der Waals surface area contributed by atoms with Gasteiger partial charge in [-0.2, -0.15) is 0 Å². The van der Waals surface area contributed by atoms with Gasteiger partial charge in [0.05, 0.1) is 24.4 Å². The van der Waals surface area contributed by atoms with Crippen molar-refractivity contribution in [3.63, 3.8) is 0 Å². The maximum Gasteiger partial charge on any atom is 0.340 e. The first-order chi connectivity index (χ1) is 15.5. The third-order valence-corrected chi connectivity index (χ3v) is 4.75. The molecule has 0 radical (unpaired) electrons. The highest BCUT2D eigenvalue weighted by Gasteiger charge is 2.19. The van der Waals surface area contributed by atoms with Crippen LogP contribution >= 0.6 is 0 Å². The highest BCUT2D eigenvalue weighted by Crippen LogP contribution is 2.32. The Kier molecular flexibility index (Phi) is 5.75. The zero-order chi connectivity index (χ0) is 22.7. The molecule has 1 aromatic heterocycles. The Hall–Kier alpha value is -4.34. The average molecular weight is 437 g/mol. The Morgan fingerprint density at radius 2 is 1.88 bits per heavy atom. The summed E-state index contributed by atoms with van der Waals surface area (Å²) in [5.41, 5.74) is -0.790. The Morgan fingerprint density at radius 1 is 1.09 bits per heavy atom. The lowest BCUT2D eigenvalue weighted by atomic mass is 10.1. The molecule has 1 aliphatic rings. The minimum Gasteiger partial charge on any atom is -0.462 e. The molecule has 32 heavy (non-hydrogen) atoms. The highest BCUT2D eigenvalue weighted by molar-refractivity contribution is 6.07. The molecule has 0 spiro atoms. The van der Waals surface area contributed by atoms with Gasteiger partial charge in [0.25, 0.3) is 11.5 Å². The van der Waals surface area contributed by atoms with Gasteiger partial charge in [0, 0.05) is 6.20 Å². The summed E-state index contributed by atoms with van der Waals surface area (Å²) in [7, 11) is 0. The van der Waals surface area contributed by atoms with E-state index in [9.17, 15) is 19.2 Å². The molecule has 0 unspecified atom stereocenters. The molecule has 2 N–H and O–H groups in total. The second-order valence-electron chi connectivity index (χ2n) is 6.81. The van der Waals surface area contributed by atoms with Crippen LogP contribution in [0.1, 0.15) is 33.2 Å². The third-order valence-electron chi connectivity index (χ3n) is 4.75. The Morgan fingerprint density at radius 3 is 2.69 bits per heavy atom. The van der Waals surface area contributed by atoms with Gasteiger partial charge in [0.1, 0.15) is 5.56 Å². The van der Waals surface area contributed by atoms with Crippen LogP contribution in [0.15, 0.2) is 58.3 Å². The Bertz CT molecular complexity index is 1310. The van der Waals surface area contributed by atoms with Gasteiger partial charge >= 0.3 is 11.7 Å². The number of hydrogen-bond donors (Lipinski definition) is 2. The molecule has 0 saturated heterocycles. The third kappa shape index (κ3) is 4.10. The lowest BCUT2D eigenvalue weighted by Crippen LogP contribution is -2.39. The molecule has 1 amide bonds. The molecule has 0 aliphatic carbocycles. The summed E-state index contributed by atoms with van der Waals surface area (Å²) in [5.74, 6) is -0.299. The van der Waals surface area contributed by atoms with Crippen LogP contribution in [0, 0.1) is 0 Å². The van der Waals surface area contributed by atoms with Crippen LogP contribution in [0.4, 0.5) is 5.69 Å². The van der Waals surface area contributed by atoms with E-state index < -0.39 is 23.1 Å². The number of amides is 1. The number of carbonyl (C=O) groups excluding carboxylic acids is 2. The first-order valence-electron chi connectivity index (χ1n) is 9.76. The van der Waals surface area contributed by atoms with Gasteiger partial charge in [-0.05, 0) is 36.8 Å². The number of benzene rings is 2. The van der Waals surface area contributed by atoms with Gasteiger partial charge in [-0.3, -0.25) is 14.2 Å². The largest absolute Gasteiger partial charge is 0.462 e. The van der Waals surface area contributed by atoms with E-state index in [0.717, 1.165) is 10.8 Å². The molecule has 1 aliphatic heterocycles. The summed E-state index contributed by atoms with van der Waals surface area (Å²) < 4.78 is 16.5. The van der Waals surface area contributed by atoms with E-state index in [2.05, 4.69) is 10.3 Å². The van der Waals surface area contributed by atoms with Crippen LogP contribution in [0.5, 0.6) is 11.5 Å². The number of fused-ring (bicyclic) bond motifs is 1. The van der Waals surface area contributed by atoms with Crippen molar-refractivity contribution in [1.29, 1.82) is 0 Å². The van der Waals surface area contributed by atoms with Gasteiger partial charge < -0.3 is 24.5 Å². The van der Waals surface area contributed by atoms with Crippen molar-refractivity contribution in [1.82, 2.24) is 9.55 Å². The van der Waals surface area contributed by atoms with Crippen LogP contribution in [-0.2, 0) is 11.3 Å². The number of esters is 1. The van der Waals surface area contributed by atoms with Crippen LogP contribution in [0.25, 0.3) is 0 Å². The summed E-state index contributed by atoms with van der Waals surface area (Å²) in [6, 6.07) is 11.3. The minimum atomic E-state index is -0.780. The molecule has 4 rings (SSSR count). The topological polar surface area (TPSA) is 129 Å².